The van der Waals surface area contributed by atoms with Gasteiger partial charge in [-0.15, -0.1) is 11.3 Å². The second-order valence-electron chi connectivity index (χ2n) is 5.19. The van der Waals surface area contributed by atoms with Gasteiger partial charge in [-0.3, -0.25) is 0 Å². The third-order valence-corrected chi connectivity index (χ3v) is 4.87. The highest BCUT2D eigenvalue weighted by molar-refractivity contribution is 7.18. The van der Waals surface area contributed by atoms with Crippen molar-refractivity contribution in [1.82, 2.24) is 19.7 Å². The molecule has 1 aromatic carbocycles. The predicted octanol–water partition coefficient (Wildman–Crippen LogP) is 4.29. The molecule has 0 atom stereocenters. The summed E-state index contributed by atoms with van der Waals surface area (Å²) in [5.74, 6) is 1.34. The number of thiophene rings is 1. The molecule has 0 aliphatic carbocycles. The molecule has 4 aromatic rings. The number of benzene rings is 1. The Morgan fingerprint density at radius 3 is 2.65 bits per heavy atom. The van der Waals surface area contributed by atoms with Crippen LogP contribution < -0.4 is 4.74 Å². The first-order valence-electron chi connectivity index (χ1n) is 7.21. The smallest absolute Gasteiger partial charge is 0.231 e. The lowest BCUT2D eigenvalue weighted by Gasteiger charge is -2.07. The first-order chi connectivity index (χ1) is 11.2. The molecule has 0 aliphatic rings. The molecule has 23 heavy (non-hydrogen) atoms. The molecule has 3 heterocycles. The molecule has 4 rings (SSSR count). The minimum absolute atomic E-state index is 0.601. The van der Waals surface area contributed by atoms with E-state index in [1.807, 2.05) is 36.5 Å². The molecule has 0 unspecified atom stereocenters. The van der Waals surface area contributed by atoms with Crippen molar-refractivity contribution in [3.05, 3.63) is 59.5 Å². The quantitative estimate of drug-likeness (QED) is 0.565. The summed E-state index contributed by atoms with van der Waals surface area (Å²) >= 11 is 1.66. The number of aromatic nitrogens is 4. The molecule has 3 aromatic heterocycles. The van der Waals surface area contributed by atoms with E-state index in [-0.39, 0.29) is 0 Å². The number of hydrogen-bond acceptors (Lipinski definition) is 5. The Balaban J connectivity index is 1.68. The fourth-order valence-corrected chi connectivity index (χ4v) is 3.42. The van der Waals surface area contributed by atoms with Crippen LogP contribution in [0.25, 0.3) is 15.9 Å². The van der Waals surface area contributed by atoms with E-state index in [2.05, 4.69) is 28.9 Å². The fourth-order valence-electron chi connectivity index (χ4n) is 2.43. The summed E-state index contributed by atoms with van der Waals surface area (Å²) in [6.07, 6.45) is 5.20. The van der Waals surface area contributed by atoms with Gasteiger partial charge in [-0.05, 0) is 49.7 Å². The zero-order valence-corrected chi connectivity index (χ0v) is 13.5. The molecule has 0 aliphatic heterocycles. The molecule has 114 valence electrons. The van der Waals surface area contributed by atoms with Gasteiger partial charge in [0, 0.05) is 17.3 Å². The molecule has 5 nitrogen and oxygen atoms in total. The minimum atomic E-state index is 0.601. The molecule has 0 fully saturated rings. The van der Waals surface area contributed by atoms with Crippen LogP contribution in [0.5, 0.6) is 11.6 Å². The maximum atomic E-state index is 5.98. The molecule has 6 heteroatoms. The second kappa shape index (κ2) is 5.48. The van der Waals surface area contributed by atoms with Crippen LogP contribution in [0.1, 0.15) is 10.4 Å². The van der Waals surface area contributed by atoms with Crippen LogP contribution in [-0.4, -0.2) is 19.7 Å². The number of fused-ring (bicyclic) bond motifs is 1. The maximum absolute atomic E-state index is 5.98. The first kappa shape index (κ1) is 13.9. The Kier molecular flexibility index (Phi) is 3.31. The van der Waals surface area contributed by atoms with Gasteiger partial charge in [-0.2, -0.15) is 5.10 Å². The largest absolute Gasteiger partial charge is 0.438 e. The van der Waals surface area contributed by atoms with Gasteiger partial charge < -0.3 is 4.74 Å². The van der Waals surface area contributed by atoms with E-state index in [9.17, 15) is 0 Å². The highest BCUT2D eigenvalue weighted by Gasteiger charge is 2.13. The standard InChI is InChI=1S/C17H14N4OS/c1-11-12(2)23-17-15(11)16(18-10-19-17)22-14-6-4-13(5-7-14)21-9-3-8-20-21/h3-10H,1-2H3. The minimum Gasteiger partial charge on any atom is -0.438 e. The lowest BCUT2D eigenvalue weighted by Crippen LogP contribution is -1.94. The summed E-state index contributed by atoms with van der Waals surface area (Å²) in [6.45, 7) is 4.16. The van der Waals surface area contributed by atoms with Crippen molar-refractivity contribution in [3.8, 4) is 17.3 Å². The average molecular weight is 322 g/mol. The van der Waals surface area contributed by atoms with Crippen molar-refractivity contribution in [1.29, 1.82) is 0 Å². The zero-order valence-electron chi connectivity index (χ0n) is 12.7. The Hall–Kier alpha value is -2.73. The van der Waals surface area contributed by atoms with Crippen LogP contribution >= 0.6 is 11.3 Å². The second-order valence-corrected chi connectivity index (χ2v) is 6.39. The van der Waals surface area contributed by atoms with Crippen molar-refractivity contribution < 1.29 is 4.74 Å². The highest BCUT2D eigenvalue weighted by Crippen LogP contribution is 2.35. The molecule has 0 saturated heterocycles. The van der Waals surface area contributed by atoms with Gasteiger partial charge in [0.15, 0.2) is 0 Å². The lowest BCUT2D eigenvalue weighted by atomic mass is 10.2. The highest BCUT2D eigenvalue weighted by atomic mass is 32.1. The van der Waals surface area contributed by atoms with Crippen molar-refractivity contribution in [3.63, 3.8) is 0 Å². The summed E-state index contributed by atoms with van der Waals surface area (Å²) in [7, 11) is 0. The van der Waals surface area contributed by atoms with Gasteiger partial charge >= 0.3 is 0 Å². The molecule has 0 spiro atoms. The van der Waals surface area contributed by atoms with Crippen LogP contribution in [0.15, 0.2) is 49.1 Å². The van der Waals surface area contributed by atoms with Crippen molar-refractivity contribution in [2.24, 2.45) is 0 Å². The Labute approximate surface area is 137 Å². The number of nitrogens with zero attached hydrogens (tertiary/aromatic N) is 4. The van der Waals surface area contributed by atoms with E-state index in [1.54, 1.807) is 28.5 Å². The van der Waals surface area contributed by atoms with E-state index in [4.69, 9.17) is 4.74 Å². The molecule has 0 radical (unpaired) electrons. The third-order valence-electron chi connectivity index (χ3n) is 3.75. The summed E-state index contributed by atoms with van der Waals surface area (Å²) in [5.41, 5.74) is 2.16. The molecule has 0 saturated carbocycles. The van der Waals surface area contributed by atoms with Crippen molar-refractivity contribution in [2.75, 3.05) is 0 Å². The van der Waals surface area contributed by atoms with E-state index < -0.39 is 0 Å². The number of ether oxygens (including phenoxy) is 1. The number of hydrogen-bond donors (Lipinski definition) is 0. The van der Waals surface area contributed by atoms with Crippen LogP contribution in [0.2, 0.25) is 0 Å². The molecular weight excluding hydrogens is 308 g/mol. The van der Waals surface area contributed by atoms with Crippen LogP contribution in [-0.2, 0) is 0 Å². The average Bonchev–Trinajstić information content (AvgIpc) is 3.18. The monoisotopic (exact) mass is 322 g/mol. The predicted molar refractivity (Wildman–Crippen MR) is 90.5 cm³/mol. The topological polar surface area (TPSA) is 52.8 Å². The van der Waals surface area contributed by atoms with Gasteiger partial charge in [-0.25, -0.2) is 14.6 Å². The van der Waals surface area contributed by atoms with Gasteiger partial charge in [0.25, 0.3) is 0 Å². The van der Waals surface area contributed by atoms with Gasteiger partial charge in [-0.1, -0.05) is 0 Å². The SMILES string of the molecule is Cc1sc2ncnc(Oc3ccc(-n4cccn4)cc3)c2c1C. The Morgan fingerprint density at radius 1 is 1.09 bits per heavy atom. The van der Waals surface area contributed by atoms with E-state index >= 15 is 0 Å². The molecular formula is C17H14N4OS. The van der Waals surface area contributed by atoms with Crippen LogP contribution in [0.3, 0.4) is 0 Å². The van der Waals surface area contributed by atoms with Crippen LogP contribution in [0, 0.1) is 13.8 Å². The Morgan fingerprint density at radius 2 is 1.91 bits per heavy atom. The van der Waals surface area contributed by atoms with E-state index in [1.165, 1.54) is 10.4 Å². The lowest BCUT2D eigenvalue weighted by molar-refractivity contribution is 0.468. The van der Waals surface area contributed by atoms with Gasteiger partial charge in [0.05, 0.1) is 11.1 Å². The normalized spacial score (nSPS) is 11.0. The van der Waals surface area contributed by atoms with Gasteiger partial charge in [0.2, 0.25) is 5.88 Å². The summed E-state index contributed by atoms with van der Waals surface area (Å²) in [5, 5.41) is 5.20. The summed E-state index contributed by atoms with van der Waals surface area (Å²) < 4.78 is 7.79. The van der Waals surface area contributed by atoms with Gasteiger partial charge in [0.1, 0.15) is 16.9 Å². The molecule has 0 bridgehead atoms. The van der Waals surface area contributed by atoms with Crippen LogP contribution in [0.4, 0.5) is 0 Å². The maximum Gasteiger partial charge on any atom is 0.231 e. The number of aryl methyl sites for hydroxylation is 2. The van der Waals surface area contributed by atoms with Crippen molar-refractivity contribution in [2.45, 2.75) is 13.8 Å². The first-order valence-corrected chi connectivity index (χ1v) is 8.02. The number of rotatable bonds is 3. The zero-order chi connectivity index (χ0) is 15.8. The van der Waals surface area contributed by atoms with E-state index in [0.29, 0.717) is 5.88 Å². The summed E-state index contributed by atoms with van der Waals surface area (Å²) in [6, 6.07) is 9.65. The Bertz CT molecular complexity index is 958. The van der Waals surface area contributed by atoms with Crippen molar-refractivity contribution >= 4 is 21.6 Å². The fraction of sp³-hybridized carbons (Fsp3) is 0.118. The molecule has 0 N–H and O–H groups in total. The van der Waals surface area contributed by atoms with E-state index in [0.717, 1.165) is 21.7 Å². The third kappa shape index (κ3) is 2.47. The summed E-state index contributed by atoms with van der Waals surface area (Å²) in [4.78, 5) is 10.8. The molecule has 0 amide bonds.